The normalized spacial score (nSPS) is 15.6. The molecule has 4 nitrogen and oxygen atoms in total. The summed E-state index contributed by atoms with van der Waals surface area (Å²) in [5.41, 5.74) is 8.92. The van der Waals surface area contributed by atoms with Crippen LogP contribution in [0, 0.1) is 0 Å². The van der Waals surface area contributed by atoms with Crippen LogP contribution < -0.4 is 10.5 Å². The number of thiophene rings is 1. The Balaban J connectivity index is 1.82. The van der Waals surface area contributed by atoms with Crippen LogP contribution >= 0.6 is 11.3 Å². The Morgan fingerprint density at radius 3 is 3.05 bits per heavy atom. The lowest BCUT2D eigenvalue weighted by atomic mass is 10.1. The Kier molecular flexibility index (Phi) is 4.14. The molecular formula is C16H20N2O2S. The van der Waals surface area contributed by atoms with Gasteiger partial charge < -0.3 is 15.2 Å². The van der Waals surface area contributed by atoms with E-state index in [1.54, 1.807) is 11.3 Å². The molecule has 0 bridgehead atoms. The molecular weight excluding hydrogens is 284 g/mol. The van der Waals surface area contributed by atoms with Gasteiger partial charge in [-0.25, -0.2) is 0 Å². The molecule has 0 spiro atoms. The molecule has 112 valence electrons. The van der Waals surface area contributed by atoms with Crippen LogP contribution in [0.2, 0.25) is 0 Å². The molecule has 1 unspecified atom stereocenters. The third kappa shape index (κ3) is 3.05. The number of rotatable bonds is 4. The van der Waals surface area contributed by atoms with E-state index in [2.05, 4.69) is 36.4 Å². The highest BCUT2D eigenvalue weighted by Crippen LogP contribution is 2.33. The van der Waals surface area contributed by atoms with Crippen LogP contribution in [0.1, 0.15) is 29.0 Å². The van der Waals surface area contributed by atoms with Gasteiger partial charge in [-0.1, -0.05) is 6.07 Å². The number of benzene rings is 1. The fourth-order valence-electron chi connectivity index (χ4n) is 2.60. The number of nitrogens with two attached hydrogens (primary N) is 1. The number of anilines is 1. The number of fused-ring (bicyclic) bond motifs is 1. The number of hydrogen-bond donors (Lipinski definition) is 1. The van der Waals surface area contributed by atoms with Crippen LogP contribution in [0.25, 0.3) is 0 Å². The molecule has 1 aliphatic rings. The fourth-order valence-corrected chi connectivity index (χ4v) is 3.44. The summed E-state index contributed by atoms with van der Waals surface area (Å²) in [6, 6.07) is 8.56. The highest BCUT2D eigenvalue weighted by atomic mass is 32.1. The Hall–Kier alpha value is -1.56. The highest BCUT2D eigenvalue weighted by molar-refractivity contribution is 7.10. The average Bonchev–Trinajstić information content (AvgIpc) is 3.00. The summed E-state index contributed by atoms with van der Waals surface area (Å²) in [5.74, 6) is 0.931. The summed E-state index contributed by atoms with van der Waals surface area (Å²) in [6.07, 6.45) is 0. The second-order valence-corrected chi connectivity index (χ2v) is 6.36. The number of nitrogens with zero attached hydrogens (tertiary/aromatic N) is 1. The summed E-state index contributed by atoms with van der Waals surface area (Å²) in [4.78, 5) is 3.67. The van der Waals surface area contributed by atoms with Crippen LogP contribution in [0.3, 0.4) is 0 Å². The zero-order valence-electron chi connectivity index (χ0n) is 12.3. The predicted octanol–water partition coefficient (Wildman–Crippen LogP) is 3.39. The van der Waals surface area contributed by atoms with Gasteiger partial charge in [-0.2, -0.15) is 0 Å². The van der Waals surface area contributed by atoms with Gasteiger partial charge in [0.1, 0.15) is 5.75 Å². The van der Waals surface area contributed by atoms with Crippen molar-refractivity contribution in [1.29, 1.82) is 0 Å². The van der Waals surface area contributed by atoms with E-state index in [0.717, 1.165) is 29.1 Å². The minimum Gasteiger partial charge on any atom is -0.467 e. The summed E-state index contributed by atoms with van der Waals surface area (Å²) in [5, 5.41) is 2.11. The predicted molar refractivity (Wildman–Crippen MR) is 85.3 cm³/mol. The molecule has 0 saturated heterocycles. The number of nitrogen functional groups attached to an aromatic ring is 1. The summed E-state index contributed by atoms with van der Waals surface area (Å²) < 4.78 is 11.0. The molecule has 1 aromatic heterocycles. The lowest BCUT2D eigenvalue weighted by Crippen LogP contribution is -2.23. The van der Waals surface area contributed by atoms with E-state index in [9.17, 15) is 0 Å². The van der Waals surface area contributed by atoms with Crippen LogP contribution in [0.15, 0.2) is 29.6 Å². The molecule has 21 heavy (non-hydrogen) atoms. The van der Waals surface area contributed by atoms with Gasteiger partial charge in [0, 0.05) is 34.3 Å². The van der Waals surface area contributed by atoms with Gasteiger partial charge in [0.25, 0.3) is 0 Å². The van der Waals surface area contributed by atoms with Gasteiger partial charge in [0.05, 0.1) is 6.61 Å². The quantitative estimate of drug-likeness (QED) is 0.880. The Morgan fingerprint density at radius 2 is 2.29 bits per heavy atom. The lowest BCUT2D eigenvalue weighted by molar-refractivity contribution is -0.0174. The molecule has 1 atom stereocenters. The van der Waals surface area contributed by atoms with Crippen molar-refractivity contribution in [2.24, 2.45) is 0 Å². The van der Waals surface area contributed by atoms with Crippen molar-refractivity contribution in [1.82, 2.24) is 4.90 Å². The molecule has 1 aromatic carbocycles. The van der Waals surface area contributed by atoms with Crippen molar-refractivity contribution in [3.63, 3.8) is 0 Å². The van der Waals surface area contributed by atoms with E-state index in [0.29, 0.717) is 19.4 Å². The van der Waals surface area contributed by atoms with Gasteiger partial charge in [-0.15, -0.1) is 11.3 Å². The van der Waals surface area contributed by atoms with Crippen LogP contribution in [0.4, 0.5) is 5.69 Å². The van der Waals surface area contributed by atoms with Crippen molar-refractivity contribution < 1.29 is 9.47 Å². The van der Waals surface area contributed by atoms with Gasteiger partial charge in [0.2, 0.25) is 0 Å². The molecule has 0 saturated carbocycles. The van der Waals surface area contributed by atoms with Crippen molar-refractivity contribution in [2.45, 2.75) is 26.1 Å². The minimum absolute atomic E-state index is 0.314. The fraction of sp³-hybridized carbons (Fsp3) is 0.375. The van der Waals surface area contributed by atoms with E-state index in [1.807, 2.05) is 12.1 Å². The van der Waals surface area contributed by atoms with Gasteiger partial charge in [-0.3, -0.25) is 4.90 Å². The van der Waals surface area contributed by atoms with Crippen molar-refractivity contribution >= 4 is 17.0 Å². The monoisotopic (exact) mass is 304 g/mol. The molecule has 3 rings (SSSR count). The first-order chi connectivity index (χ1) is 10.1. The van der Waals surface area contributed by atoms with E-state index in [4.69, 9.17) is 15.2 Å². The SMILES string of the molecule is CC(c1cccs1)N(C)Cc1cc(N)cc2c1OCOC2. The van der Waals surface area contributed by atoms with E-state index < -0.39 is 0 Å². The molecule has 2 N–H and O–H groups in total. The molecule has 0 amide bonds. The smallest absolute Gasteiger partial charge is 0.189 e. The van der Waals surface area contributed by atoms with Gasteiger partial charge >= 0.3 is 0 Å². The first kappa shape index (κ1) is 14.4. The van der Waals surface area contributed by atoms with E-state index in [1.165, 1.54) is 4.88 Å². The van der Waals surface area contributed by atoms with Crippen molar-refractivity contribution in [3.8, 4) is 5.75 Å². The van der Waals surface area contributed by atoms with Crippen LogP contribution in [0.5, 0.6) is 5.75 Å². The number of ether oxygens (including phenoxy) is 2. The molecule has 0 radical (unpaired) electrons. The third-order valence-corrected chi connectivity index (χ3v) is 4.89. The summed E-state index contributed by atoms with van der Waals surface area (Å²) in [7, 11) is 2.12. The molecule has 1 aliphatic heterocycles. The van der Waals surface area contributed by atoms with E-state index in [-0.39, 0.29) is 0 Å². The number of hydrogen-bond acceptors (Lipinski definition) is 5. The average molecular weight is 304 g/mol. The molecule has 0 aliphatic carbocycles. The second kappa shape index (κ2) is 6.05. The Labute approximate surface area is 129 Å². The second-order valence-electron chi connectivity index (χ2n) is 5.39. The first-order valence-corrected chi connectivity index (χ1v) is 7.88. The molecule has 2 aromatic rings. The van der Waals surface area contributed by atoms with Crippen molar-refractivity contribution in [2.75, 3.05) is 19.6 Å². The first-order valence-electron chi connectivity index (χ1n) is 7.00. The van der Waals surface area contributed by atoms with Gasteiger partial charge in [0.15, 0.2) is 6.79 Å². The maximum atomic E-state index is 6.00. The Bertz CT molecular complexity index is 613. The zero-order valence-corrected chi connectivity index (χ0v) is 13.2. The maximum Gasteiger partial charge on any atom is 0.189 e. The topological polar surface area (TPSA) is 47.7 Å². The standard InChI is InChI=1S/C16H20N2O2S/c1-11(15-4-3-5-21-15)18(2)8-12-6-14(17)7-13-9-19-10-20-16(12)13/h3-7,11H,8-10,17H2,1-2H3. The zero-order chi connectivity index (χ0) is 14.8. The van der Waals surface area contributed by atoms with Crippen molar-refractivity contribution in [3.05, 3.63) is 45.6 Å². The highest BCUT2D eigenvalue weighted by Gasteiger charge is 2.19. The van der Waals surface area contributed by atoms with Crippen LogP contribution in [-0.2, 0) is 17.9 Å². The molecule has 5 heteroatoms. The van der Waals surface area contributed by atoms with Gasteiger partial charge in [-0.05, 0) is 37.6 Å². The summed E-state index contributed by atoms with van der Waals surface area (Å²) >= 11 is 1.78. The minimum atomic E-state index is 0.314. The molecule has 0 fully saturated rings. The lowest BCUT2D eigenvalue weighted by Gasteiger charge is -2.27. The molecule has 2 heterocycles. The third-order valence-electron chi connectivity index (χ3n) is 3.85. The van der Waals surface area contributed by atoms with E-state index >= 15 is 0 Å². The maximum absolute atomic E-state index is 6.00. The largest absolute Gasteiger partial charge is 0.467 e. The Morgan fingerprint density at radius 1 is 1.43 bits per heavy atom. The summed E-state index contributed by atoms with van der Waals surface area (Å²) in [6.45, 7) is 3.90. The van der Waals surface area contributed by atoms with Crippen LogP contribution in [-0.4, -0.2) is 18.7 Å².